The number of nitrogens with zero attached hydrogens (tertiary/aromatic N) is 1. The van der Waals surface area contributed by atoms with Gasteiger partial charge in [-0.3, -0.25) is 4.90 Å². The molecule has 1 aliphatic heterocycles. The molecule has 1 rings (SSSR count). The van der Waals surface area contributed by atoms with Gasteiger partial charge >= 0.3 is 0 Å². The largest absolute Gasteiger partial charge is 0.379 e. The molecule has 1 saturated heterocycles. The predicted molar refractivity (Wildman–Crippen MR) is 46.7 cm³/mol. The van der Waals surface area contributed by atoms with Gasteiger partial charge in [-0.1, -0.05) is 20.3 Å². The lowest BCUT2D eigenvalue weighted by Gasteiger charge is -2.39. The summed E-state index contributed by atoms with van der Waals surface area (Å²) in [5.41, 5.74) is 0. The van der Waals surface area contributed by atoms with Crippen LogP contribution in [-0.4, -0.2) is 37.7 Å². The quantitative estimate of drug-likeness (QED) is 0.611. The van der Waals surface area contributed by atoms with Gasteiger partial charge in [0.05, 0.1) is 6.10 Å². The van der Waals surface area contributed by atoms with Gasteiger partial charge in [0.25, 0.3) is 0 Å². The van der Waals surface area contributed by atoms with E-state index in [9.17, 15) is 0 Å². The molecule has 0 saturated carbocycles. The number of ether oxygens (including phenoxy) is 1. The summed E-state index contributed by atoms with van der Waals surface area (Å²) >= 11 is 0. The van der Waals surface area contributed by atoms with Gasteiger partial charge in [-0.15, -0.1) is 0 Å². The van der Waals surface area contributed by atoms with Crippen LogP contribution >= 0.6 is 0 Å². The summed E-state index contributed by atoms with van der Waals surface area (Å²) in [6.07, 6.45) is 1.80. The molecule has 1 unspecified atom stereocenters. The van der Waals surface area contributed by atoms with Gasteiger partial charge in [0.1, 0.15) is 0 Å². The van der Waals surface area contributed by atoms with E-state index in [1.807, 2.05) is 0 Å². The Morgan fingerprint density at radius 3 is 2.64 bits per heavy atom. The average molecular weight is 157 g/mol. The molecule has 0 aliphatic carbocycles. The van der Waals surface area contributed by atoms with E-state index >= 15 is 0 Å². The van der Waals surface area contributed by atoms with E-state index in [1.54, 1.807) is 7.11 Å². The molecule has 1 aliphatic rings. The van der Waals surface area contributed by atoms with E-state index in [-0.39, 0.29) is 0 Å². The second-order valence-corrected chi connectivity index (χ2v) is 3.59. The van der Waals surface area contributed by atoms with Gasteiger partial charge in [-0.05, 0) is 5.92 Å². The minimum absolute atomic E-state index is 0.513. The Kier molecular flexibility index (Phi) is 3.34. The molecule has 2 heteroatoms. The Balaban J connectivity index is 2.04. The molecule has 0 bridgehead atoms. The Hall–Kier alpha value is -0.0800. The molecule has 11 heavy (non-hydrogen) atoms. The minimum Gasteiger partial charge on any atom is -0.379 e. The van der Waals surface area contributed by atoms with E-state index in [0.29, 0.717) is 6.10 Å². The Labute approximate surface area is 69.5 Å². The van der Waals surface area contributed by atoms with Gasteiger partial charge in [0.2, 0.25) is 0 Å². The molecule has 1 fully saturated rings. The fourth-order valence-electron chi connectivity index (χ4n) is 1.39. The van der Waals surface area contributed by atoms with Crippen molar-refractivity contribution in [3.05, 3.63) is 0 Å². The summed E-state index contributed by atoms with van der Waals surface area (Å²) in [6.45, 7) is 8.08. The highest BCUT2D eigenvalue weighted by Gasteiger charge is 2.26. The van der Waals surface area contributed by atoms with Crippen LogP contribution in [-0.2, 0) is 4.74 Å². The van der Waals surface area contributed by atoms with Gasteiger partial charge in [0.15, 0.2) is 0 Å². The zero-order valence-electron chi connectivity index (χ0n) is 7.84. The smallest absolute Gasteiger partial charge is 0.0824 e. The van der Waals surface area contributed by atoms with E-state index in [4.69, 9.17) is 4.74 Å². The van der Waals surface area contributed by atoms with Crippen molar-refractivity contribution < 1.29 is 4.74 Å². The zero-order chi connectivity index (χ0) is 8.27. The Morgan fingerprint density at radius 2 is 2.18 bits per heavy atom. The Morgan fingerprint density at radius 1 is 1.55 bits per heavy atom. The molecule has 0 N–H and O–H groups in total. The van der Waals surface area contributed by atoms with Crippen LogP contribution < -0.4 is 0 Å². The van der Waals surface area contributed by atoms with Crippen LogP contribution in [0.2, 0.25) is 0 Å². The first kappa shape index (κ1) is 9.01. The van der Waals surface area contributed by atoms with Crippen molar-refractivity contribution in [2.75, 3.05) is 26.7 Å². The lowest BCUT2D eigenvalue weighted by atomic mass is 10.1. The average Bonchev–Trinajstić information content (AvgIpc) is 1.95. The van der Waals surface area contributed by atoms with Crippen molar-refractivity contribution in [3.63, 3.8) is 0 Å². The van der Waals surface area contributed by atoms with Gasteiger partial charge in [-0.2, -0.15) is 0 Å². The Bertz CT molecular complexity index is 110. The van der Waals surface area contributed by atoms with E-state index in [2.05, 4.69) is 18.7 Å². The van der Waals surface area contributed by atoms with Crippen molar-refractivity contribution in [1.82, 2.24) is 4.90 Å². The molecule has 0 spiro atoms. The molecule has 66 valence electrons. The highest BCUT2D eigenvalue weighted by Crippen LogP contribution is 2.13. The zero-order valence-corrected chi connectivity index (χ0v) is 7.84. The summed E-state index contributed by atoms with van der Waals surface area (Å²) in [4.78, 5) is 2.46. The molecule has 1 heterocycles. The summed E-state index contributed by atoms with van der Waals surface area (Å²) in [6, 6.07) is 0. The maximum absolute atomic E-state index is 5.19. The van der Waals surface area contributed by atoms with Crippen LogP contribution in [0.3, 0.4) is 0 Å². The standard InChI is InChI=1S/C9H19NO/c1-4-8(2)5-10-6-9(7-10)11-3/h8-9H,4-7H2,1-3H3. The van der Waals surface area contributed by atoms with Crippen molar-refractivity contribution in [3.8, 4) is 0 Å². The highest BCUT2D eigenvalue weighted by atomic mass is 16.5. The lowest BCUT2D eigenvalue weighted by molar-refractivity contribution is -0.0348. The fourth-order valence-corrected chi connectivity index (χ4v) is 1.39. The monoisotopic (exact) mass is 157 g/mol. The molecule has 1 atom stereocenters. The van der Waals surface area contributed by atoms with Crippen molar-refractivity contribution in [2.45, 2.75) is 26.4 Å². The predicted octanol–water partition coefficient (Wildman–Crippen LogP) is 1.36. The number of hydrogen-bond acceptors (Lipinski definition) is 2. The molecule has 0 aromatic rings. The maximum Gasteiger partial charge on any atom is 0.0824 e. The van der Waals surface area contributed by atoms with Crippen LogP contribution in [0.15, 0.2) is 0 Å². The van der Waals surface area contributed by atoms with E-state index in [1.165, 1.54) is 13.0 Å². The summed E-state index contributed by atoms with van der Waals surface area (Å²) in [7, 11) is 1.80. The molecule has 2 nitrogen and oxygen atoms in total. The van der Waals surface area contributed by atoms with Crippen LogP contribution in [0.25, 0.3) is 0 Å². The topological polar surface area (TPSA) is 12.5 Å². The van der Waals surface area contributed by atoms with Crippen LogP contribution in [0.1, 0.15) is 20.3 Å². The van der Waals surface area contributed by atoms with Gasteiger partial charge in [-0.25, -0.2) is 0 Å². The van der Waals surface area contributed by atoms with Crippen LogP contribution in [0.4, 0.5) is 0 Å². The van der Waals surface area contributed by atoms with Crippen molar-refractivity contribution in [1.29, 1.82) is 0 Å². The third-order valence-electron chi connectivity index (χ3n) is 2.52. The van der Waals surface area contributed by atoms with Crippen molar-refractivity contribution >= 4 is 0 Å². The second kappa shape index (κ2) is 4.07. The molecule has 0 radical (unpaired) electrons. The second-order valence-electron chi connectivity index (χ2n) is 3.59. The summed E-state index contributed by atoms with van der Waals surface area (Å²) in [5.74, 6) is 0.841. The first-order chi connectivity index (χ1) is 5.26. The van der Waals surface area contributed by atoms with Gasteiger partial charge in [0, 0.05) is 26.7 Å². The number of hydrogen-bond donors (Lipinski definition) is 0. The molecular formula is C9H19NO. The first-order valence-electron chi connectivity index (χ1n) is 4.51. The number of rotatable bonds is 4. The minimum atomic E-state index is 0.513. The number of likely N-dealkylation sites (tertiary alicyclic amines) is 1. The molecule has 0 aromatic heterocycles. The normalized spacial score (nSPS) is 23.2. The lowest BCUT2D eigenvalue weighted by Crippen LogP contribution is -2.52. The van der Waals surface area contributed by atoms with Crippen LogP contribution in [0.5, 0.6) is 0 Å². The van der Waals surface area contributed by atoms with E-state index < -0.39 is 0 Å². The molecule has 0 aromatic carbocycles. The SMILES string of the molecule is CCC(C)CN1CC(OC)C1. The van der Waals surface area contributed by atoms with E-state index in [0.717, 1.165) is 19.0 Å². The molecule has 0 amide bonds. The molecular weight excluding hydrogens is 138 g/mol. The summed E-state index contributed by atoms with van der Waals surface area (Å²) < 4.78 is 5.19. The number of methoxy groups -OCH3 is 1. The maximum atomic E-state index is 5.19. The summed E-state index contributed by atoms with van der Waals surface area (Å²) in [5, 5.41) is 0. The third-order valence-corrected chi connectivity index (χ3v) is 2.52. The first-order valence-corrected chi connectivity index (χ1v) is 4.51. The fraction of sp³-hybridized carbons (Fsp3) is 1.00. The third kappa shape index (κ3) is 2.46. The van der Waals surface area contributed by atoms with Crippen molar-refractivity contribution in [2.24, 2.45) is 5.92 Å². The van der Waals surface area contributed by atoms with Crippen LogP contribution in [0, 0.1) is 5.92 Å². The highest BCUT2D eigenvalue weighted by molar-refractivity contribution is 4.80. The van der Waals surface area contributed by atoms with Gasteiger partial charge < -0.3 is 4.74 Å².